The number of fused-ring (bicyclic) bond motifs is 5. The minimum Gasteiger partial charge on any atom is -0.481 e. The van der Waals surface area contributed by atoms with Gasteiger partial charge in [-0.3, -0.25) is 4.79 Å². The molecule has 164 valence electrons. The summed E-state index contributed by atoms with van der Waals surface area (Å²) in [5, 5.41) is 17.6. The van der Waals surface area contributed by atoms with Gasteiger partial charge in [-0.2, -0.15) is 9.49 Å². The van der Waals surface area contributed by atoms with Crippen LogP contribution in [0.1, 0.15) is 25.7 Å². The Balaban J connectivity index is 1.49. The normalized spacial score (nSPS) is 24.9. The number of hydrogen-bond acceptors (Lipinski definition) is 5. The van der Waals surface area contributed by atoms with Crippen LogP contribution in [0.15, 0.2) is 30.7 Å². The molecule has 3 aliphatic carbocycles. The van der Waals surface area contributed by atoms with E-state index in [2.05, 4.69) is 25.4 Å². The van der Waals surface area contributed by atoms with Crippen LogP contribution in [0, 0.1) is 29.5 Å². The van der Waals surface area contributed by atoms with E-state index in [4.69, 9.17) is 0 Å². The first kappa shape index (κ1) is 19.1. The highest BCUT2D eigenvalue weighted by Gasteiger charge is 2.47. The quantitative estimate of drug-likeness (QED) is 0.447. The minimum atomic E-state index is -0.865. The summed E-state index contributed by atoms with van der Waals surface area (Å²) in [5.74, 6) is -2.48. The number of aromatic amines is 1. The Morgan fingerprint density at radius 1 is 1.22 bits per heavy atom. The van der Waals surface area contributed by atoms with Crippen molar-refractivity contribution in [3.05, 3.63) is 42.5 Å². The van der Waals surface area contributed by atoms with Crippen LogP contribution in [-0.2, 0) is 4.79 Å². The highest BCUT2D eigenvalue weighted by Crippen LogP contribution is 2.46. The molecule has 4 aromatic heterocycles. The molecular formula is C22H20F2N6O2. The predicted molar refractivity (Wildman–Crippen MR) is 112 cm³/mol. The summed E-state index contributed by atoms with van der Waals surface area (Å²) >= 11 is 0. The first-order chi connectivity index (χ1) is 15.5. The number of pyridine rings is 1. The smallest absolute Gasteiger partial charge is 0.308 e. The topological polar surface area (TPSA) is 108 Å². The van der Waals surface area contributed by atoms with Gasteiger partial charge in [0.1, 0.15) is 17.2 Å². The lowest BCUT2D eigenvalue weighted by molar-refractivity contribution is -0.148. The molecule has 10 heteroatoms. The number of rotatable bonds is 4. The van der Waals surface area contributed by atoms with Gasteiger partial charge < -0.3 is 15.4 Å². The molecule has 3 N–H and O–H groups in total. The van der Waals surface area contributed by atoms with Gasteiger partial charge in [0.2, 0.25) is 0 Å². The molecule has 0 spiro atoms. The molecule has 0 amide bonds. The van der Waals surface area contributed by atoms with Crippen molar-refractivity contribution in [2.45, 2.75) is 31.7 Å². The van der Waals surface area contributed by atoms with Crippen LogP contribution >= 0.6 is 0 Å². The molecule has 2 atom stereocenters. The largest absolute Gasteiger partial charge is 0.481 e. The first-order valence-electron chi connectivity index (χ1n) is 10.7. The van der Waals surface area contributed by atoms with Gasteiger partial charge in [0.25, 0.3) is 5.95 Å². The Hall–Kier alpha value is -3.56. The van der Waals surface area contributed by atoms with Crippen LogP contribution in [0.25, 0.3) is 27.8 Å². The van der Waals surface area contributed by atoms with E-state index in [-0.39, 0.29) is 17.7 Å². The summed E-state index contributed by atoms with van der Waals surface area (Å²) in [6, 6.07) is 2.56. The van der Waals surface area contributed by atoms with E-state index in [0.717, 1.165) is 36.4 Å². The maximum atomic E-state index is 15.4. The number of anilines is 1. The second-order valence-electron chi connectivity index (χ2n) is 8.69. The molecule has 7 rings (SSSR count). The molecule has 32 heavy (non-hydrogen) atoms. The summed E-state index contributed by atoms with van der Waals surface area (Å²) in [5.41, 5.74) is 1.85. The van der Waals surface area contributed by atoms with Crippen LogP contribution in [0.3, 0.4) is 0 Å². The number of hydrogen-bond donors (Lipinski definition) is 3. The van der Waals surface area contributed by atoms with Gasteiger partial charge in [-0.05, 0) is 49.7 Å². The average Bonchev–Trinajstić information content (AvgIpc) is 3.44. The van der Waals surface area contributed by atoms with Crippen molar-refractivity contribution in [1.29, 1.82) is 0 Å². The number of nitrogens with zero attached hydrogens (tertiary/aromatic N) is 4. The van der Waals surface area contributed by atoms with E-state index in [1.165, 1.54) is 12.3 Å². The highest BCUT2D eigenvalue weighted by atomic mass is 19.1. The molecule has 0 aliphatic heterocycles. The molecule has 3 fully saturated rings. The summed E-state index contributed by atoms with van der Waals surface area (Å²) in [4.78, 5) is 23.6. The zero-order chi connectivity index (χ0) is 22.0. The van der Waals surface area contributed by atoms with E-state index in [9.17, 15) is 14.3 Å². The molecule has 4 aromatic rings. The van der Waals surface area contributed by atoms with Crippen LogP contribution in [-0.4, -0.2) is 41.7 Å². The summed E-state index contributed by atoms with van der Waals surface area (Å²) in [7, 11) is 0. The lowest BCUT2D eigenvalue weighted by atomic mass is 9.61. The standard InChI is InChI=1S/C22H20F2N6O2/c23-12-7-13-14(9-26-20(13)25-8-12)18-15-5-6-27-30(15)19(24)21(29-18)28-17-11-3-1-10(2-4-11)16(17)22(31)32/h5-11,16-17,28H,1-4H2,(H,25,26)(H,31,32)/t10-,11+,16-,17?/m0/s1. The van der Waals surface area contributed by atoms with Crippen molar-refractivity contribution >= 4 is 28.3 Å². The van der Waals surface area contributed by atoms with Crippen molar-refractivity contribution in [3.63, 3.8) is 0 Å². The summed E-state index contributed by atoms with van der Waals surface area (Å²) in [6.45, 7) is 0. The molecule has 4 heterocycles. The highest BCUT2D eigenvalue weighted by molar-refractivity contribution is 5.96. The Morgan fingerprint density at radius 2 is 2.00 bits per heavy atom. The zero-order valence-corrected chi connectivity index (χ0v) is 16.9. The molecule has 0 radical (unpaired) electrons. The predicted octanol–water partition coefficient (Wildman–Crippen LogP) is 3.85. The van der Waals surface area contributed by atoms with E-state index < -0.39 is 29.7 Å². The van der Waals surface area contributed by atoms with Crippen LogP contribution in [0.4, 0.5) is 14.6 Å². The molecule has 0 saturated heterocycles. The first-order valence-corrected chi connectivity index (χ1v) is 10.7. The SMILES string of the molecule is O=C(O)[C@@H]1C(Nc2nc(-c3c[nH]c4ncc(F)cc34)c3ccnn3c2F)[C@H]2CC[C@@H]1CC2. The maximum absolute atomic E-state index is 15.4. The van der Waals surface area contributed by atoms with Crippen LogP contribution in [0.2, 0.25) is 0 Å². The fourth-order valence-corrected chi connectivity index (χ4v) is 5.59. The second-order valence-corrected chi connectivity index (χ2v) is 8.69. The van der Waals surface area contributed by atoms with Crippen molar-refractivity contribution in [1.82, 2.24) is 24.6 Å². The van der Waals surface area contributed by atoms with Crippen molar-refractivity contribution in [2.24, 2.45) is 17.8 Å². The van der Waals surface area contributed by atoms with E-state index >= 15 is 4.39 Å². The molecule has 1 unspecified atom stereocenters. The van der Waals surface area contributed by atoms with Gasteiger partial charge in [0.15, 0.2) is 5.82 Å². The minimum absolute atomic E-state index is 0.0567. The lowest BCUT2D eigenvalue weighted by Crippen LogP contribution is -2.51. The van der Waals surface area contributed by atoms with Crippen LogP contribution in [0.5, 0.6) is 0 Å². The Bertz CT molecular complexity index is 1360. The van der Waals surface area contributed by atoms with Gasteiger partial charge in [0, 0.05) is 23.2 Å². The average molecular weight is 438 g/mol. The number of H-pyrrole nitrogens is 1. The lowest BCUT2D eigenvalue weighted by Gasteiger charge is -2.47. The second kappa shape index (κ2) is 6.98. The molecule has 0 aromatic carbocycles. The van der Waals surface area contributed by atoms with Gasteiger partial charge >= 0.3 is 5.97 Å². The Labute approximate surface area is 180 Å². The third-order valence-corrected chi connectivity index (χ3v) is 7.05. The fraction of sp³-hybridized carbons (Fsp3) is 0.364. The Kier molecular flexibility index (Phi) is 4.17. The van der Waals surface area contributed by atoms with Crippen molar-refractivity contribution in [3.8, 4) is 11.3 Å². The molecule has 3 saturated carbocycles. The molecular weight excluding hydrogens is 418 g/mol. The zero-order valence-electron chi connectivity index (χ0n) is 16.9. The van der Waals surface area contributed by atoms with Gasteiger partial charge in [-0.25, -0.2) is 18.9 Å². The van der Waals surface area contributed by atoms with E-state index in [1.807, 2.05) is 0 Å². The fourth-order valence-electron chi connectivity index (χ4n) is 5.59. The summed E-state index contributed by atoms with van der Waals surface area (Å²) < 4.78 is 30.4. The van der Waals surface area contributed by atoms with E-state index in [0.29, 0.717) is 27.8 Å². The molecule has 8 nitrogen and oxygen atoms in total. The number of carbonyl (C=O) groups is 1. The Morgan fingerprint density at radius 3 is 2.78 bits per heavy atom. The third-order valence-electron chi connectivity index (χ3n) is 7.05. The van der Waals surface area contributed by atoms with Gasteiger partial charge in [-0.1, -0.05) is 0 Å². The molecule has 3 aliphatic rings. The number of carboxylic acids is 1. The van der Waals surface area contributed by atoms with Gasteiger partial charge in [0.05, 0.1) is 23.8 Å². The van der Waals surface area contributed by atoms with Crippen LogP contribution < -0.4 is 5.32 Å². The van der Waals surface area contributed by atoms with Gasteiger partial charge in [-0.15, -0.1) is 0 Å². The third kappa shape index (κ3) is 2.78. The monoisotopic (exact) mass is 438 g/mol. The number of halogens is 2. The number of nitrogens with one attached hydrogen (secondary N) is 2. The number of carboxylic acid groups (broad SMARTS) is 1. The molecule has 2 bridgehead atoms. The maximum Gasteiger partial charge on any atom is 0.308 e. The van der Waals surface area contributed by atoms with Crippen molar-refractivity contribution < 1.29 is 18.7 Å². The van der Waals surface area contributed by atoms with Crippen molar-refractivity contribution in [2.75, 3.05) is 5.32 Å². The summed E-state index contributed by atoms with van der Waals surface area (Å²) in [6.07, 6.45) is 7.82. The number of aliphatic carboxylic acids is 1. The van der Waals surface area contributed by atoms with E-state index in [1.54, 1.807) is 12.3 Å². The number of aromatic nitrogens is 5.